The molecule has 0 saturated carbocycles. The van der Waals surface area contributed by atoms with E-state index in [4.69, 9.17) is 5.11 Å². The van der Waals surface area contributed by atoms with Crippen LogP contribution in [-0.4, -0.2) is 24.2 Å². The van der Waals surface area contributed by atoms with E-state index in [1.54, 1.807) is 18.2 Å². The molecular formula is C18H20N2O4. The van der Waals surface area contributed by atoms with Gasteiger partial charge in [-0.05, 0) is 35.7 Å². The molecule has 0 aliphatic heterocycles. The number of amides is 2. The van der Waals surface area contributed by atoms with Gasteiger partial charge in [-0.2, -0.15) is 0 Å². The summed E-state index contributed by atoms with van der Waals surface area (Å²) in [6.07, 6.45) is 0. The molecule has 2 aromatic carbocycles. The summed E-state index contributed by atoms with van der Waals surface area (Å²) in [4.78, 5) is 23.6. The van der Waals surface area contributed by atoms with Crippen LogP contribution < -0.4 is 10.6 Å². The summed E-state index contributed by atoms with van der Waals surface area (Å²) in [5.41, 5.74) is 3.42. The second-order valence-corrected chi connectivity index (χ2v) is 5.31. The average molecular weight is 328 g/mol. The van der Waals surface area contributed by atoms with Crippen molar-refractivity contribution in [2.24, 2.45) is 0 Å². The van der Waals surface area contributed by atoms with Crippen LogP contribution in [0.15, 0.2) is 42.5 Å². The first-order valence-corrected chi connectivity index (χ1v) is 7.46. The van der Waals surface area contributed by atoms with Crippen LogP contribution in [0.25, 0.3) is 0 Å². The first-order valence-electron chi connectivity index (χ1n) is 7.46. The van der Waals surface area contributed by atoms with Crippen molar-refractivity contribution in [1.29, 1.82) is 0 Å². The number of rotatable bonds is 5. The van der Waals surface area contributed by atoms with Crippen molar-refractivity contribution in [1.82, 2.24) is 5.32 Å². The fraction of sp³-hybridized carbons (Fsp3) is 0.222. The lowest BCUT2D eigenvalue weighted by Crippen LogP contribution is -2.28. The molecular weight excluding hydrogens is 308 g/mol. The van der Waals surface area contributed by atoms with E-state index < -0.39 is 5.97 Å². The largest absolute Gasteiger partial charge is 0.465 e. The molecule has 0 aliphatic carbocycles. The van der Waals surface area contributed by atoms with E-state index >= 15 is 0 Å². The minimum Gasteiger partial charge on any atom is -0.465 e. The van der Waals surface area contributed by atoms with E-state index in [1.165, 1.54) is 7.11 Å². The van der Waals surface area contributed by atoms with E-state index in [-0.39, 0.29) is 12.6 Å². The van der Waals surface area contributed by atoms with Crippen molar-refractivity contribution >= 4 is 17.7 Å². The number of benzene rings is 2. The Bertz CT molecular complexity index is 744. The van der Waals surface area contributed by atoms with E-state index in [0.717, 1.165) is 16.7 Å². The second-order valence-electron chi connectivity index (χ2n) is 5.31. The average Bonchev–Trinajstić information content (AvgIpc) is 2.61. The normalized spacial score (nSPS) is 10.1. The van der Waals surface area contributed by atoms with Crippen molar-refractivity contribution in [2.45, 2.75) is 20.1 Å². The van der Waals surface area contributed by atoms with Crippen LogP contribution in [0.1, 0.15) is 27.0 Å². The lowest BCUT2D eigenvalue weighted by molar-refractivity contribution is 0.0600. The molecule has 0 spiro atoms. The quantitative estimate of drug-likeness (QED) is 0.736. The van der Waals surface area contributed by atoms with Crippen molar-refractivity contribution in [3.8, 4) is 0 Å². The number of esters is 1. The Kier molecular flexibility index (Phi) is 5.92. The number of urea groups is 1. The number of ether oxygens (including phenoxy) is 1. The van der Waals surface area contributed by atoms with Gasteiger partial charge in [0.15, 0.2) is 0 Å². The minimum atomic E-state index is -0.459. The number of aliphatic hydroxyl groups excluding tert-OH is 1. The molecule has 0 unspecified atom stereocenters. The third-order valence-corrected chi connectivity index (χ3v) is 3.53. The lowest BCUT2D eigenvalue weighted by atomic mass is 10.1. The third kappa shape index (κ3) is 4.57. The maximum atomic E-state index is 12.1. The highest BCUT2D eigenvalue weighted by molar-refractivity contribution is 5.94. The summed E-state index contributed by atoms with van der Waals surface area (Å²) in [7, 11) is 1.31. The predicted octanol–water partition coefficient (Wildman–Crippen LogP) is 2.60. The summed E-state index contributed by atoms with van der Waals surface area (Å²) >= 11 is 0. The molecule has 0 bridgehead atoms. The minimum absolute atomic E-state index is 0.0421. The Morgan fingerprint density at radius 1 is 1.12 bits per heavy atom. The fourth-order valence-electron chi connectivity index (χ4n) is 2.19. The monoisotopic (exact) mass is 328 g/mol. The molecule has 2 amide bonds. The van der Waals surface area contributed by atoms with Gasteiger partial charge in [-0.1, -0.05) is 30.3 Å². The maximum absolute atomic E-state index is 12.1. The van der Waals surface area contributed by atoms with Crippen LogP contribution in [0.4, 0.5) is 10.5 Å². The van der Waals surface area contributed by atoms with Gasteiger partial charge in [-0.3, -0.25) is 0 Å². The SMILES string of the molecule is COC(=O)c1ccc(C)c(NC(=O)NCc2cccc(CO)c2)c1. The Morgan fingerprint density at radius 3 is 2.58 bits per heavy atom. The Hall–Kier alpha value is -2.86. The molecule has 6 nitrogen and oxygen atoms in total. The number of aliphatic hydroxyl groups is 1. The molecule has 0 heterocycles. The molecule has 24 heavy (non-hydrogen) atoms. The highest BCUT2D eigenvalue weighted by Gasteiger charge is 2.10. The molecule has 0 saturated heterocycles. The highest BCUT2D eigenvalue weighted by atomic mass is 16.5. The molecule has 6 heteroatoms. The van der Waals surface area contributed by atoms with E-state index in [0.29, 0.717) is 17.8 Å². The standard InChI is InChI=1S/C18H20N2O4/c1-12-6-7-15(17(22)24-2)9-16(12)20-18(23)19-10-13-4-3-5-14(8-13)11-21/h3-9,21H,10-11H2,1-2H3,(H2,19,20,23). The van der Waals surface area contributed by atoms with Crippen molar-refractivity contribution in [3.63, 3.8) is 0 Å². The number of hydrogen-bond donors (Lipinski definition) is 3. The first-order chi connectivity index (χ1) is 11.5. The number of hydrogen-bond acceptors (Lipinski definition) is 4. The van der Waals surface area contributed by atoms with Gasteiger partial charge in [-0.25, -0.2) is 9.59 Å². The molecule has 0 aliphatic rings. The van der Waals surface area contributed by atoms with Gasteiger partial charge in [0.1, 0.15) is 0 Å². The number of aryl methyl sites for hydroxylation is 1. The number of carbonyl (C=O) groups excluding carboxylic acids is 2. The van der Waals surface area contributed by atoms with Crippen molar-refractivity contribution < 1.29 is 19.4 Å². The number of anilines is 1. The van der Waals surface area contributed by atoms with Gasteiger partial charge in [0.2, 0.25) is 0 Å². The second kappa shape index (κ2) is 8.12. The van der Waals surface area contributed by atoms with Crippen LogP contribution in [0.3, 0.4) is 0 Å². The summed E-state index contributed by atoms with van der Waals surface area (Å²) in [5.74, 6) is -0.459. The van der Waals surface area contributed by atoms with E-state index in [1.807, 2.05) is 31.2 Å². The zero-order valence-corrected chi connectivity index (χ0v) is 13.6. The zero-order valence-electron chi connectivity index (χ0n) is 13.6. The molecule has 0 aromatic heterocycles. The number of nitrogens with one attached hydrogen (secondary N) is 2. The molecule has 3 N–H and O–H groups in total. The molecule has 0 atom stereocenters. The van der Waals surface area contributed by atoms with Crippen molar-refractivity contribution in [2.75, 3.05) is 12.4 Å². The molecule has 0 fully saturated rings. The van der Waals surface area contributed by atoms with E-state index in [9.17, 15) is 9.59 Å². The van der Waals surface area contributed by atoms with Gasteiger partial charge < -0.3 is 20.5 Å². The van der Waals surface area contributed by atoms with Crippen LogP contribution in [-0.2, 0) is 17.9 Å². The van der Waals surface area contributed by atoms with Gasteiger partial charge in [0, 0.05) is 12.2 Å². The van der Waals surface area contributed by atoms with Gasteiger partial charge >= 0.3 is 12.0 Å². The fourth-order valence-corrected chi connectivity index (χ4v) is 2.19. The summed E-state index contributed by atoms with van der Waals surface area (Å²) in [6, 6.07) is 11.9. The molecule has 126 valence electrons. The Labute approximate surface area is 140 Å². The maximum Gasteiger partial charge on any atom is 0.337 e. The lowest BCUT2D eigenvalue weighted by Gasteiger charge is -2.11. The first kappa shape index (κ1) is 17.5. The number of methoxy groups -OCH3 is 1. The van der Waals surface area contributed by atoms with Gasteiger partial charge in [-0.15, -0.1) is 0 Å². The van der Waals surface area contributed by atoms with Crippen molar-refractivity contribution in [3.05, 3.63) is 64.7 Å². The number of carbonyl (C=O) groups is 2. The van der Waals surface area contributed by atoms with Crippen LogP contribution in [0, 0.1) is 6.92 Å². The summed E-state index contributed by atoms with van der Waals surface area (Å²) < 4.78 is 4.68. The molecule has 0 radical (unpaired) electrons. The Morgan fingerprint density at radius 2 is 1.88 bits per heavy atom. The van der Waals surface area contributed by atoms with Gasteiger partial charge in [0.05, 0.1) is 19.3 Å². The van der Waals surface area contributed by atoms with Crippen LogP contribution in [0.5, 0.6) is 0 Å². The van der Waals surface area contributed by atoms with Gasteiger partial charge in [0.25, 0.3) is 0 Å². The van der Waals surface area contributed by atoms with E-state index in [2.05, 4.69) is 15.4 Å². The summed E-state index contributed by atoms with van der Waals surface area (Å²) in [6.45, 7) is 2.12. The highest BCUT2D eigenvalue weighted by Crippen LogP contribution is 2.17. The van der Waals surface area contributed by atoms with Crippen LogP contribution in [0.2, 0.25) is 0 Å². The third-order valence-electron chi connectivity index (χ3n) is 3.53. The topological polar surface area (TPSA) is 87.7 Å². The molecule has 2 aromatic rings. The smallest absolute Gasteiger partial charge is 0.337 e. The Balaban J connectivity index is 2.00. The van der Waals surface area contributed by atoms with Crippen LogP contribution >= 0.6 is 0 Å². The predicted molar refractivity (Wildman–Crippen MR) is 90.7 cm³/mol. The molecule has 2 rings (SSSR count). The zero-order chi connectivity index (χ0) is 17.5. The summed E-state index contributed by atoms with van der Waals surface area (Å²) in [5, 5.41) is 14.6.